The first-order valence-electron chi connectivity index (χ1n) is 6.60. The molecule has 2 atom stereocenters. The zero-order chi connectivity index (χ0) is 13.1. The number of carbonyl (C=O) groups excluding carboxylic acids is 1. The van der Waals surface area contributed by atoms with Gasteiger partial charge in [-0.25, -0.2) is 4.98 Å². The first-order chi connectivity index (χ1) is 8.61. The van der Waals surface area contributed by atoms with Crippen LogP contribution in [-0.2, 0) is 11.2 Å². The zero-order valence-corrected chi connectivity index (χ0v) is 13.1. The number of aryl methyl sites for hydroxylation is 1. The molecule has 19 heavy (non-hydrogen) atoms. The molecule has 108 valence electrons. The molecule has 1 aromatic rings. The molecule has 0 aromatic carbocycles. The van der Waals surface area contributed by atoms with Crippen LogP contribution < -0.4 is 5.73 Å². The third-order valence-corrected chi connectivity index (χ3v) is 4.46. The summed E-state index contributed by atoms with van der Waals surface area (Å²) in [5, 5.41) is 3.30. The smallest absolute Gasteiger partial charge is 0.239 e. The van der Waals surface area contributed by atoms with Gasteiger partial charge in [-0.05, 0) is 26.2 Å². The predicted octanol–water partition coefficient (Wildman–Crippen LogP) is 2.18. The molecule has 2 unspecified atom stereocenters. The summed E-state index contributed by atoms with van der Waals surface area (Å²) in [6.45, 7) is 5.48. The number of carbonyl (C=O) groups is 1. The van der Waals surface area contributed by atoms with Crippen LogP contribution in [-0.4, -0.2) is 34.9 Å². The standard InChI is InChI=1S/C13H21N3OS.ClH/c1-3-11-8-18-12(15-11)10-5-4-6-16(7-10)13(17)9(2)14;/h8-10H,3-7,14H2,1-2H3;1H. The number of rotatable bonds is 3. The van der Waals surface area contributed by atoms with E-state index in [0.29, 0.717) is 5.92 Å². The van der Waals surface area contributed by atoms with E-state index in [1.165, 1.54) is 5.01 Å². The molecule has 2 N–H and O–H groups in total. The molecule has 0 spiro atoms. The fourth-order valence-electron chi connectivity index (χ4n) is 2.34. The minimum atomic E-state index is -0.397. The normalized spacial score (nSPS) is 20.8. The van der Waals surface area contributed by atoms with Gasteiger partial charge in [0.25, 0.3) is 0 Å². The Hall–Kier alpha value is -0.650. The molecular formula is C13H22ClN3OS. The minimum absolute atomic E-state index is 0. The average molecular weight is 304 g/mol. The first kappa shape index (κ1) is 16.4. The summed E-state index contributed by atoms with van der Waals surface area (Å²) in [6, 6.07) is -0.397. The Kier molecular flexibility index (Phi) is 6.23. The Morgan fingerprint density at radius 1 is 1.68 bits per heavy atom. The number of thiazole rings is 1. The highest BCUT2D eigenvalue weighted by Gasteiger charge is 2.27. The lowest BCUT2D eigenvalue weighted by Gasteiger charge is -2.32. The number of amides is 1. The molecule has 4 nitrogen and oxygen atoms in total. The highest BCUT2D eigenvalue weighted by Crippen LogP contribution is 2.29. The number of nitrogens with two attached hydrogens (primary N) is 1. The van der Waals surface area contributed by atoms with Crippen LogP contribution in [0.1, 0.15) is 43.3 Å². The maximum Gasteiger partial charge on any atom is 0.239 e. The number of nitrogens with zero attached hydrogens (tertiary/aromatic N) is 2. The molecule has 2 rings (SSSR count). The molecule has 1 amide bonds. The molecule has 0 radical (unpaired) electrons. The summed E-state index contributed by atoms with van der Waals surface area (Å²) in [4.78, 5) is 18.5. The SMILES string of the molecule is CCc1csc(C2CCCN(C(=O)C(C)N)C2)n1.Cl. The van der Waals surface area contributed by atoms with Crippen LogP contribution in [0.4, 0.5) is 0 Å². The predicted molar refractivity (Wildman–Crippen MR) is 80.9 cm³/mol. The number of piperidine rings is 1. The Morgan fingerprint density at radius 2 is 2.42 bits per heavy atom. The van der Waals surface area contributed by atoms with E-state index < -0.39 is 6.04 Å². The van der Waals surface area contributed by atoms with E-state index in [0.717, 1.165) is 38.0 Å². The molecular weight excluding hydrogens is 282 g/mol. The molecule has 1 saturated heterocycles. The van der Waals surface area contributed by atoms with Gasteiger partial charge in [0, 0.05) is 24.4 Å². The maximum atomic E-state index is 11.9. The van der Waals surface area contributed by atoms with Crippen molar-refractivity contribution in [2.24, 2.45) is 5.73 Å². The van der Waals surface area contributed by atoms with Crippen molar-refractivity contribution in [3.8, 4) is 0 Å². The van der Waals surface area contributed by atoms with Gasteiger partial charge in [-0.2, -0.15) is 0 Å². The van der Waals surface area contributed by atoms with E-state index in [2.05, 4.69) is 17.3 Å². The van der Waals surface area contributed by atoms with Crippen LogP contribution in [0.5, 0.6) is 0 Å². The van der Waals surface area contributed by atoms with Crippen LogP contribution in [0.25, 0.3) is 0 Å². The van der Waals surface area contributed by atoms with Crippen molar-refractivity contribution < 1.29 is 4.79 Å². The van der Waals surface area contributed by atoms with Gasteiger partial charge in [0.15, 0.2) is 0 Å². The van der Waals surface area contributed by atoms with Crippen LogP contribution in [0.3, 0.4) is 0 Å². The van der Waals surface area contributed by atoms with Crippen LogP contribution in [0.2, 0.25) is 0 Å². The quantitative estimate of drug-likeness (QED) is 0.931. The highest BCUT2D eigenvalue weighted by atomic mass is 35.5. The summed E-state index contributed by atoms with van der Waals surface area (Å²) in [5.41, 5.74) is 6.83. The van der Waals surface area contributed by atoms with Gasteiger partial charge in [-0.15, -0.1) is 23.7 Å². The lowest BCUT2D eigenvalue weighted by atomic mass is 9.98. The number of likely N-dealkylation sites (tertiary alicyclic amines) is 1. The monoisotopic (exact) mass is 303 g/mol. The molecule has 6 heteroatoms. The Balaban J connectivity index is 0.00000180. The van der Waals surface area contributed by atoms with Crippen LogP contribution in [0.15, 0.2) is 5.38 Å². The first-order valence-corrected chi connectivity index (χ1v) is 7.48. The fourth-order valence-corrected chi connectivity index (χ4v) is 3.37. The van der Waals surface area contributed by atoms with Crippen molar-refractivity contribution in [1.29, 1.82) is 0 Å². The summed E-state index contributed by atoms with van der Waals surface area (Å²) in [7, 11) is 0. The third kappa shape index (κ3) is 3.91. The summed E-state index contributed by atoms with van der Waals surface area (Å²) in [6.07, 6.45) is 3.15. The van der Waals surface area contributed by atoms with Crippen molar-refractivity contribution in [2.75, 3.05) is 13.1 Å². The fraction of sp³-hybridized carbons (Fsp3) is 0.692. The molecule has 0 bridgehead atoms. The van der Waals surface area contributed by atoms with Crippen molar-refractivity contribution in [2.45, 2.75) is 45.1 Å². The van der Waals surface area contributed by atoms with Gasteiger partial charge in [0.05, 0.1) is 16.7 Å². The Bertz CT molecular complexity index is 422. The number of halogens is 1. The van der Waals surface area contributed by atoms with E-state index in [9.17, 15) is 4.79 Å². The second kappa shape index (κ2) is 7.22. The van der Waals surface area contributed by atoms with E-state index in [1.807, 2.05) is 4.90 Å². The average Bonchev–Trinajstić information content (AvgIpc) is 2.86. The maximum absolute atomic E-state index is 11.9. The van der Waals surface area contributed by atoms with Crippen LogP contribution >= 0.6 is 23.7 Å². The lowest BCUT2D eigenvalue weighted by molar-refractivity contribution is -0.133. The molecule has 1 aliphatic rings. The van der Waals surface area contributed by atoms with E-state index in [4.69, 9.17) is 5.73 Å². The van der Waals surface area contributed by atoms with Gasteiger partial charge in [0.1, 0.15) is 0 Å². The van der Waals surface area contributed by atoms with Gasteiger partial charge in [-0.1, -0.05) is 6.92 Å². The van der Waals surface area contributed by atoms with Crippen molar-refractivity contribution in [1.82, 2.24) is 9.88 Å². The number of hydrogen-bond acceptors (Lipinski definition) is 4. The van der Waals surface area contributed by atoms with Gasteiger partial charge >= 0.3 is 0 Å². The van der Waals surface area contributed by atoms with Gasteiger partial charge in [0.2, 0.25) is 5.91 Å². The topological polar surface area (TPSA) is 59.2 Å². The largest absolute Gasteiger partial charge is 0.341 e. The molecule has 1 aromatic heterocycles. The third-order valence-electron chi connectivity index (χ3n) is 3.40. The van der Waals surface area contributed by atoms with Crippen molar-refractivity contribution in [3.63, 3.8) is 0 Å². The molecule has 1 fully saturated rings. The zero-order valence-electron chi connectivity index (χ0n) is 11.5. The van der Waals surface area contributed by atoms with Crippen molar-refractivity contribution in [3.05, 3.63) is 16.1 Å². The summed E-state index contributed by atoms with van der Waals surface area (Å²) < 4.78 is 0. The molecule has 1 aliphatic heterocycles. The van der Waals surface area contributed by atoms with E-state index >= 15 is 0 Å². The molecule has 2 heterocycles. The Labute approximate surface area is 124 Å². The van der Waals surface area contributed by atoms with E-state index in [-0.39, 0.29) is 18.3 Å². The lowest BCUT2D eigenvalue weighted by Crippen LogP contribution is -2.46. The molecule has 0 aliphatic carbocycles. The highest BCUT2D eigenvalue weighted by molar-refractivity contribution is 7.09. The second-order valence-corrected chi connectivity index (χ2v) is 5.83. The minimum Gasteiger partial charge on any atom is -0.341 e. The van der Waals surface area contributed by atoms with E-state index in [1.54, 1.807) is 18.3 Å². The van der Waals surface area contributed by atoms with Crippen LogP contribution in [0, 0.1) is 0 Å². The van der Waals surface area contributed by atoms with Gasteiger partial charge in [-0.3, -0.25) is 4.79 Å². The number of hydrogen-bond donors (Lipinski definition) is 1. The Morgan fingerprint density at radius 3 is 3.00 bits per heavy atom. The summed E-state index contributed by atoms with van der Waals surface area (Å²) >= 11 is 1.72. The molecule has 0 saturated carbocycles. The number of aromatic nitrogens is 1. The second-order valence-electron chi connectivity index (χ2n) is 4.94. The van der Waals surface area contributed by atoms with Gasteiger partial charge < -0.3 is 10.6 Å². The summed E-state index contributed by atoms with van der Waals surface area (Å²) in [5.74, 6) is 0.457. The van der Waals surface area contributed by atoms with Crippen molar-refractivity contribution >= 4 is 29.7 Å².